The smallest absolute Gasteiger partial charge is 0.250 e. The predicted molar refractivity (Wildman–Crippen MR) is 129 cm³/mol. The first kappa shape index (κ1) is 23.6. The molecule has 166 valence electrons. The number of hydrogen-bond donors (Lipinski definition) is 2. The van der Waals surface area contributed by atoms with Gasteiger partial charge in [-0.05, 0) is 31.2 Å². The van der Waals surface area contributed by atoms with Crippen molar-refractivity contribution in [1.82, 2.24) is 20.2 Å². The third-order valence-electron chi connectivity index (χ3n) is 4.22. The second-order valence-electron chi connectivity index (χ2n) is 6.84. The maximum absolute atomic E-state index is 12.2. The van der Waals surface area contributed by atoms with E-state index in [0.717, 1.165) is 15.6 Å². The Labute approximate surface area is 198 Å². The lowest BCUT2D eigenvalue weighted by molar-refractivity contribution is -0.118. The molecule has 8 nitrogen and oxygen atoms in total. The summed E-state index contributed by atoms with van der Waals surface area (Å²) in [5.74, 6) is 0.763. The van der Waals surface area contributed by atoms with Crippen LogP contribution in [0.25, 0.3) is 11.4 Å². The molecule has 0 radical (unpaired) electrons. The van der Waals surface area contributed by atoms with Crippen molar-refractivity contribution in [2.24, 2.45) is 5.10 Å². The van der Waals surface area contributed by atoms with Gasteiger partial charge < -0.3 is 9.84 Å². The number of amides is 1. The summed E-state index contributed by atoms with van der Waals surface area (Å²) >= 11 is 4.69. The Hall–Kier alpha value is -3.11. The van der Waals surface area contributed by atoms with Crippen molar-refractivity contribution in [3.8, 4) is 22.9 Å². The van der Waals surface area contributed by atoms with Crippen molar-refractivity contribution >= 4 is 39.8 Å². The second kappa shape index (κ2) is 11.0. The van der Waals surface area contributed by atoms with Gasteiger partial charge in [0, 0.05) is 22.1 Å². The molecule has 2 N–H and O–H groups in total. The number of phenolic OH excluding ortho intramolecular Hbond substituents is 1. The number of hydrazone groups is 1. The number of aromatic nitrogens is 3. The molecule has 3 rings (SSSR count). The molecule has 0 aliphatic heterocycles. The molecule has 1 aromatic heterocycles. The molecular weight excluding hydrogens is 494 g/mol. The number of nitrogens with one attached hydrogen (secondary N) is 1. The van der Waals surface area contributed by atoms with Crippen molar-refractivity contribution in [3.63, 3.8) is 0 Å². The number of thioether (sulfide) groups is 1. The van der Waals surface area contributed by atoms with Crippen molar-refractivity contribution < 1.29 is 14.6 Å². The summed E-state index contributed by atoms with van der Waals surface area (Å²) in [4.78, 5) is 12.2. The third kappa shape index (κ3) is 5.98. The molecule has 3 aromatic rings. The minimum atomic E-state index is -0.316. The molecule has 0 unspecified atom stereocenters. The van der Waals surface area contributed by atoms with Gasteiger partial charge in [0.25, 0.3) is 5.91 Å². The lowest BCUT2D eigenvalue weighted by Crippen LogP contribution is -2.20. The SMILES string of the molecule is C=C(C)Cn1c(SCC(=O)N/N=C\c2cccc(OC)c2O)nnc1-c1ccc(Br)cc1. The van der Waals surface area contributed by atoms with Gasteiger partial charge in [0.05, 0.1) is 19.1 Å². The van der Waals surface area contributed by atoms with Crippen molar-refractivity contribution in [2.45, 2.75) is 18.6 Å². The van der Waals surface area contributed by atoms with Crippen LogP contribution in [-0.4, -0.2) is 44.9 Å². The Kier molecular flexibility index (Phi) is 8.07. The number of methoxy groups -OCH3 is 1. The Morgan fingerprint density at radius 3 is 2.75 bits per heavy atom. The van der Waals surface area contributed by atoms with Gasteiger partial charge in [0.15, 0.2) is 22.5 Å². The number of phenols is 1. The van der Waals surface area contributed by atoms with Gasteiger partial charge in [-0.25, -0.2) is 5.43 Å². The zero-order valence-corrected chi connectivity index (χ0v) is 20.0. The average Bonchev–Trinajstić information content (AvgIpc) is 3.15. The average molecular weight is 516 g/mol. The lowest BCUT2D eigenvalue weighted by atomic mass is 10.2. The van der Waals surface area contributed by atoms with E-state index >= 15 is 0 Å². The largest absolute Gasteiger partial charge is 0.504 e. The maximum Gasteiger partial charge on any atom is 0.250 e. The molecule has 2 aromatic carbocycles. The van der Waals surface area contributed by atoms with Gasteiger partial charge in [-0.2, -0.15) is 5.10 Å². The first-order chi connectivity index (χ1) is 15.4. The standard InChI is InChI=1S/C22H22BrN5O3S/c1-14(2)12-28-21(15-7-9-17(23)10-8-15)26-27-22(28)32-13-19(29)25-24-11-16-5-4-6-18(31-3)20(16)30/h4-11,30H,1,12-13H2,2-3H3,(H,25,29)/b24-11-. The van der Waals surface area contributed by atoms with Gasteiger partial charge in [0.2, 0.25) is 0 Å². The monoisotopic (exact) mass is 515 g/mol. The van der Waals surface area contributed by atoms with E-state index in [1.54, 1.807) is 18.2 Å². The van der Waals surface area contributed by atoms with Crippen LogP contribution in [0, 0.1) is 0 Å². The van der Waals surface area contributed by atoms with E-state index in [1.165, 1.54) is 25.1 Å². The molecule has 0 saturated carbocycles. The molecule has 1 heterocycles. The summed E-state index contributed by atoms with van der Waals surface area (Å²) in [5, 5.41) is 23.1. The normalized spacial score (nSPS) is 11.0. The van der Waals surface area contributed by atoms with Gasteiger partial charge in [-0.1, -0.05) is 58.0 Å². The highest BCUT2D eigenvalue weighted by molar-refractivity contribution is 9.10. The van der Waals surface area contributed by atoms with Gasteiger partial charge >= 0.3 is 0 Å². The van der Waals surface area contributed by atoms with Crippen LogP contribution in [0.15, 0.2) is 69.3 Å². The van der Waals surface area contributed by atoms with Crippen LogP contribution in [0.2, 0.25) is 0 Å². The zero-order valence-electron chi connectivity index (χ0n) is 17.6. The summed E-state index contributed by atoms with van der Waals surface area (Å²) < 4.78 is 7.96. The molecule has 10 heteroatoms. The highest BCUT2D eigenvalue weighted by Crippen LogP contribution is 2.28. The number of carbonyl (C=O) groups is 1. The number of benzene rings is 2. The number of para-hydroxylation sites is 1. The maximum atomic E-state index is 12.2. The van der Waals surface area contributed by atoms with Crippen LogP contribution in [0.4, 0.5) is 0 Å². The minimum absolute atomic E-state index is 0.0456. The fourth-order valence-electron chi connectivity index (χ4n) is 2.76. The Bertz CT molecular complexity index is 1140. The molecule has 0 aliphatic carbocycles. The number of nitrogens with zero attached hydrogens (tertiary/aromatic N) is 4. The van der Waals surface area contributed by atoms with Crippen LogP contribution >= 0.6 is 27.7 Å². The number of ether oxygens (including phenoxy) is 1. The minimum Gasteiger partial charge on any atom is -0.504 e. The van der Waals surface area contributed by atoms with E-state index in [0.29, 0.717) is 28.8 Å². The van der Waals surface area contributed by atoms with Gasteiger partial charge in [0.1, 0.15) is 0 Å². The van der Waals surface area contributed by atoms with E-state index < -0.39 is 0 Å². The van der Waals surface area contributed by atoms with E-state index in [4.69, 9.17) is 4.74 Å². The van der Waals surface area contributed by atoms with Crippen LogP contribution in [0.1, 0.15) is 12.5 Å². The molecule has 0 spiro atoms. The fraction of sp³-hybridized carbons (Fsp3) is 0.182. The van der Waals surface area contributed by atoms with Gasteiger partial charge in [-0.15, -0.1) is 10.2 Å². The summed E-state index contributed by atoms with van der Waals surface area (Å²) in [6.45, 7) is 6.45. The number of rotatable bonds is 9. The fourth-order valence-corrected chi connectivity index (χ4v) is 3.76. The number of carbonyl (C=O) groups excluding carboxylic acids is 1. The third-order valence-corrected chi connectivity index (χ3v) is 5.72. The molecular formula is C22H22BrN5O3S. The molecule has 32 heavy (non-hydrogen) atoms. The van der Waals surface area contributed by atoms with Crippen LogP contribution in [0.5, 0.6) is 11.5 Å². The molecule has 0 bridgehead atoms. The van der Waals surface area contributed by atoms with Crippen LogP contribution < -0.4 is 10.2 Å². The topological polar surface area (TPSA) is 102 Å². The first-order valence-corrected chi connectivity index (χ1v) is 11.3. The van der Waals surface area contributed by atoms with Gasteiger partial charge in [-0.3, -0.25) is 9.36 Å². The summed E-state index contributed by atoms with van der Waals surface area (Å²) in [7, 11) is 1.46. The molecule has 0 atom stereocenters. The Morgan fingerprint density at radius 2 is 2.06 bits per heavy atom. The van der Waals surface area contributed by atoms with E-state index in [-0.39, 0.29) is 17.4 Å². The molecule has 0 fully saturated rings. The molecule has 1 amide bonds. The summed E-state index contributed by atoms with van der Waals surface area (Å²) in [6, 6.07) is 12.8. The van der Waals surface area contributed by atoms with Crippen LogP contribution in [-0.2, 0) is 11.3 Å². The number of aromatic hydroxyl groups is 1. The zero-order chi connectivity index (χ0) is 23.1. The van der Waals surface area contributed by atoms with Crippen molar-refractivity contribution in [1.29, 1.82) is 0 Å². The van der Waals surface area contributed by atoms with E-state index in [1.807, 2.05) is 35.8 Å². The van der Waals surface area contributed by atoms with E-state index in [2.05, 4.69) is 43.2 Å². The molecule has 0 saturated heterocycles. The van der Waals surface area contributed by atoms with Crippen molar-refractivity contribution in [2.75, 3.05) is 12.9 Å². The highest BCUT2D eigenvalue weighted by Gasteiger charge is 2.16. The summed E-state index contributed by atoms with van der Waals surface area (Å²) in [5.41, 5.74) is 4.74. The number of allylic oxidation sites excluding steroid dienone is 1. The summed E-state index contributed by atoms with van der Waals surface area (Å²) in [6.07, 6.45) is 1.36. The predicted octanol–water partition coefficient (Wildman–Crippen LogP) is 4.24. The van der Waals surface area contributed by atoms with Crippen molar-refractivity contribution in [3.05, 3.63) is 64.7 Å². The highest BCUT2D eigenvalue weighted by atomic mass is 79.9. The van der Waals surface area contributed by atoms with Crippen LogP contribution in [0.3, 0.4) is 0 Å². The Balaban J connectivity index is 1.66. The first-order valence-electron chi connectivity index (χ1n) is 9.53. The van der Waals surface area contributed by atoms with E-state index in [9.17, 15) is 9.90 Å². The molecule has 0 aliphatic rings. The quantitative estimate of drug-likeness (QED) is 0.191. The second-order valence-corrected chi connectivity index (χ2v) is 8.69. The number of halogens is 1. The number of hydrogen-bond acceptors (Lipinski definition) is 7. The Morgan fingerprint density at radius 1 is 1.31 bits per heavy atom. The lowest BCUT2D eigenvalue weighted by Gasteiger charge is -2.10.